The molecule has 0 aliphatic heterocycles. The average molecular weight is 149 g/mol. The van der Waals surface area contributed by atoms with E-state index in [4.69, 9.17) is 5.73 Å². The molecule has 0 rings (SSSR count). The Kier molecular flexibility index (Phi) is 3.77. The molecule has 1 unspecified atom stereocenters. The third kappa shape index (κ3) is 5.93. The maximum absolute atomic E-state index is 10.4. The minimum absolute atomic E-state index is 0.0942. The fraction of sp³-hybridized carbons (Fsp3) is 1.00. The molecule has 10 heavy (non-hydrogen) atoms. The van der Waals surface area contributed by atoms with Gasteiger partial charge in [0, 0.05) is 5.54 Å². The van der Waals surface area contributed by atoms with Gasteiger partial charge in [0.2, 0.25) is 0 Å². The van der Waals surface area contributed by atoms with Crippen LogP contribution >= 0.6 is 0 Å². The van der Waals surface area contributed by atoms with Crippen LogP contribution in [-0.4, -0.2) is 12.2 Å². The monoisotopic (exact) mass is 149 g/mol. The lowest BCUT2D eigenvalue weighted by Crippen LogP contribution is -3.09. The van der Waals surface area contributed by atoms with Crippen molar-refractivity contribution in [2.75, 3.05) is 6.67 Å². The minimum atomic E-state index is -0.449. The standard InChI is InChI=1S/C5H15N3O2/c1-5(2,3)7-10-8(9)4-6/h7-8H,4,6H2,1-3H3. The van der Waals surface area contributed by atoms with Gasteiger partial charge in [-0.2, -0.15) is 5.23 Å². The van der Waals surface area contributed by atoms with Gasteiger partial charge in [-0.25, -0.2) is 0 Å². The van der Waals surface area contributed by atoms with Gasteiger partial charge >= 0.3 is 0 Å². The lowest BCUT2D eigenvalue weighted by Gasteiger charge is -2.23. The van der Waals surface area contributed by atoms with Crippen molar-refractivity contribution in [3.63, 3.8) is 0 Å². The van der Waals surface area contributed by atoms with Crippen molar-refractivity contribution in [2.45, 2.75) is 26.3 Å². The van der Waals surface area contributed by atoms with Crippen molar-refractivity contribution in [2.24, 2.45) is 5.73 Å². The molecule has 0 heterocycles. The highest BCUT2D eigenvalue weighted by Crippen LogP contribution is 1.95. The minimum Gasteiger partial charge on any atom is -0.597 e. The van der Waals surface area contributed by atoms with Crippen LogP contribution in [0.2, 0.25) is 0 Å². The highest BCUT2D eigenvalue weighted by atomic mass is 17.0. The Morgan fingerprint density at radius 2 is 2.10 bits per heavy atom. The van der Waals surface area contributed by atoms with E-state index < -0.39 is 5.23 Å². The molecule has 4 N–H and O–H groups in total. The van der Waals surface area contributed by atoms with Crippen molar-refractivity contribution >= 4 is 0 Å². The van der Waals surface area contributed by atoms with E-state index in [0.717, 1.165) is 0 Å². The van der Waals surface area contributed by atoms with Crippen molar-refractivity contribution in [3.8, 4) is 0 Å². The fourth-order valence-electron chi connectivity index (χ4n) is 0.252. The first-order valence-electron chi connectivity index (χ1n) is 3.12. The smallest absolute Gasteiger partial charge is 0.160 e. The summed E-state index contributed by atoms with van der Waals surface area (Å²) in [5.74, 6) is 0. The van der Waals surface area contributed by atoms with E-state index in [1.54, 1.807) is 0 Å². The Bertz CT molecular complexity index is 91.4. The molecule has 0 saturated carbocycles. The molecular weight excluding hydrogens is 134 g/mol. The topological polar surface area (TPSA) is 74.8 Å². The van der Waals surface area contributed by atoms with E-state index in [1.807, 2.05) is 20.8 Å². The predicted octanol–water partition coefficient (Wildman–Crippen LogP) is -1.48. The van der Waals surface area contributed by atoms with E-state index in [1.165, 1.54) is 0 Å². The zero-order valence-electron chi connectivity index (χ0n) is 6.60. The highest BCUT2D eigenvalue weighted by molar-refractivity contribution is 4.62. The molecule has 0 aromatic rings. The summed E-state index contributed by atoms with van der Waals surface area (Å²) in [5.41, 5.74) is 7.31. The summed E-state index contributed by atoms with van der Waals surface area (Å²) in [6, 6.07) is 0. The first kappa shape index (κ1) is 9.80. The first-order valence-corrected chi connectivity index (χ1v) is 3.12. The number of rotatable bonds is 3. The Morgan fingerprint density at radius 3 is 2.40 bits per heavy atom. The van der Waals surface area contributed by atoms with Gasteiger partial charge in [-0.3, -0.25) is 5.73 Å². The molecule has 0 aliphatic rings. The summed E-state index contributed by atoms with van der Waals surface area (Å²) < 4.78 is 0. The second-order valence-electron chi connectivity index (χ2n) is 3.03. The molecule has 5 nitrogen and oxygen atoms in total. The maximum atomic E-state index is 10.4. The van der Waals surface area contributed by atoms with Crippen molar-refractivity contribution in [3.05, 3.63) is 5.21 Å². The zero-order chi connectivity index (χ0) is 8.20. The van der Waals surface area contributed by atoms with Crippen molar-refractivity contribution in [1.29, 1.82) is 0 Å². The van der Waals surface area contributed by atoms with Gasteiger partial charge in [0.25, 0.3) is 0 Å². The van der Waals surface area contributed by atoms with Crippen molar-refractivity contribution < 1.29 is 10.2 Å². The van der Waals surface area contributed by atoms with E-state index in [0.29, 0.717) is 0 Å². The van der Waals surface area contributed by atoms with Crippen LogP contribution in [0.1, 0.15) is 20.8 Å². The second kappa shape index (κ2) is 3.85. The second-order valence-corrected chi connectivity index (χ2v) is 3.03. The van der Waals surface area contributed by atoms with Crippen LogP contribution in [0.3, 0.4) is 0 Å². The Hall–Kier alpha value is -0.200. The molecule has 0 aromatic heterocycles. The molecule has 0 aromatic carbocycles. The first-order chi connectivity index (χ1) is 4.45. The quantitative estimate of drug-likeness (QED) is 0.338. The molecule has 0 saturated heterocycles. The van der Waals surface area contributed by atoms with E-state index in [9.17, 15) is 5.21 Å². The van der Waals surface area contributed by atoms with Gasteiger partial charge in [0.05, 0.1) is 0 Å². The number of hydroxylamine groups is 3. The van der Waals surface area contributed by atoms with E-state index in [2.05, 4.69) is 10.4 Å². The third-order valence-corrected chi connectivity index (χ3v) is 0.638. The Labute approximate surface area is 60.6 Å². The summed E-state index contributed by atoms with van der Waals surface area (Å²) >= 11 is 0. The summed E-state index contributed by atoms with van der Waals surface area (Å²) in [4.78, 5) is 4.54. The van der Waals surface area contributed by atoms with Crippen LogP contribution < -0.4 is 16.4 Å². The number of hydrogen-bond acceptors (Lipinski definition) is 4. The molecule has 0 radical (unpaired) electrons. The number of quaternary nitrogens is 1. The predicted molar refractivity (Wildman–Crippen MR) is 37.4 cm³/mol. The lowest BCUT2D eigenvalue weighted by molar-refractivity contribution is -1.06. The molecule has 0 bridgehead atoms. The van der Waals surface area contributed by atoms with Gasteiger partial charge in [0.1, 0.15) is 0 Å². The molecule has 0 amide bonds. The number of hydrogen-bond donors (Lipinski definition) is 3. The zero-order valence-corrected chi connectivity index (χ0v) is 6.60. The molecule has 0 aliphatic carbocycles. The molecule has 0 fully saturated rings. The van der Waals surface area contributed by atoms with Gasteiger partial charge in [-0.05, 0) is 20.8 Å². The number of nitrogens with two attached hydrogens (primary N) is 1. The van der Waals surface area contributed by atoms with Gasteiger partial charge in [-0.1, -0.05) is 0 Å². The fourth-order valence-corrected chi connectivity index (χ4v) is 0.252. The van der Waals surface area contributed by atoms with E-state index in [-0.39, 0.29) is 12.2 Å². The maximum Gasteiger partial charge on any atom is 0.160 e. The highest BCUT2D eigenvalue weighted by Gasteiger charge is 2.10. The SMILES string of the molecule is CC(C)(C)NO[NH+]([O-])CN. The van der Waals surface area contributed by atoms with Crippen LogP contribution in [0.15, 0.2) is 0 Å². The van der Waals surface area contributed by atoms with Crippen LogP contribution in [0.25, 0.3) is 0 Å². The van der Waals surface area contributed by atoms with Crippen LogP contribution in [0.5, 0.6) is 0 Å². The van der Waals surface area contributed by atoms with Gasteiger partial charge in [0.15, 0.2) is 6.67 Å². The molecule has 5 heteroatoms. The van der Waals surface area contributed by atoms with E-state index >= 15 is 0 Å². The molecular formula is C5H15N3O2. The third-order valence-electron chi connectivity index (χ3n) is 0.638. The van der Waals surface area contributed by atoms with Crippen LogP contribution in [-0.2, 0) is 4.94 Å². The summed E-state index contributed by atoms with van der Waals surface area (Å²) in [6.45, 7) is 5.56. The average Bonchev–Trinajstić information content (AvgIpc) is 1.81. The lowest BCUT2D eigenvalue weighted by atomic mass is 10.1. The summed E-state index contributed by atoms with van der Waals surface area (Å²) in [5, 5.41) is 10.00. The number of nitrogens with one attached hydrogen (secondary N) is 2. The normalized spacial score (nSPS) is 15.3. The van der Waals surface area contributed by atoms with Crippen LogP contribution in [0, 0.1) is 5.21 Å². The Morgan fingerprint density at radius 1 is 1.60 bits per heavy atom. The van der Waals surface area contributed by atoms with Gasteiger partial charge in [-0.15, -0.1) is 10.4 Å². The van der Waals surface area contributed by atoms with Crippen LogP contribution in [0.4, 0.5) is 0 Å². The summed E-state index contributed by atoms with van der Waals surface area (Å²) in [7, 11) is 0. The van der Waals surface area contributed by atoms with Crippen molar-refractivity contribution in [1.82, 2.24) is 5.48 Å². The van der Waals surface area contributed by atoms with Gasteiger partial charge < -0.3 is 5.21 Å². The largest absolute Gasteiger partial charge is 0.597 e. The summed E-state index contributed by atoms with van der Waals surface area (Å²) in [6.07, 6.45) is 0. The molecule has 62 valence electrons. The Balaban J connectivity index is 3.36. The molecule has 0 spiro atoms. The molecule has 1 atom stereocenters.